The molecule has 2 heterocycles. The van der Waals surface area contributed by atoms with Gasteiger partial charge in [-0.1, -0.05) is 0 Å². The average Bonchev–Trinajstić information content (AvgIpc) is 2.47. The summed E-state index contributed by atoms with van der Waals surface area (Å²) in [5.74, 6) is -0.317. The van der Waals surface area contributed by atoms with Gasteiger partial charge in [-0.05, 0) is 44.1 Å². The maximum absolute atomic E-state index is 12.4. The van der Waals surface area contributed by atoms with Crippen LogP contribution < -0.4 is 5.32 Å². The second-order valence-corrected chi connectivity index (χ2v) is 8.30. The topological polar surface area (TPSA) is 75.7 Å². The Morgan fingerprint density at radius 1 is 1.33 bits per heavy atom. The van der Waals surface area contributed by atoms with E-state index in [0.29, 0.717) is 19.5 Å². The molecule has 1 spiro atoms. The number of nitrogens with one attached hydrogen (secondary N) is 1. The summed E-state index contributed by atoms with van der Waals surface area (Å²) >= 11 is 0. The molecule has 0 amide bonds. The van der Waals surface area contributed by atoms with E-state index < -0.39 is 10.0 Å². The molecule has 0 aromatic carbocycles. The molecule has 2 saturated heterocycles. The Hall–Kier alpha value is -0.660. The van der Waals surface area contributed by atoms with Crippen LogP contribution in [0.25, 0.3) is 0 Å². The zero-order valence-corrected chi connectivity index (χ0v) is 13.6. The van der Waals surface area contributed by atoms with Crippen molar-refractivity contribution in [3.05, 3.63) is 0 Å². The standard InChI is InChI=1S/C14H26N2O4S/c1-20-13(17)5-2-10-21(18,19)16-9-4-7-14(12-16)6-3-8-15-11-14/h15H,2-12H2,1H3. The molecule has 6 nitrogen and oxygen atoms in total. The predicted molar refractivity (Wildman–Crippen MR) is 80.4 cm³/mol. The van der Waals surface area contributed by atoms with Crippen molar-refractivity contribution < 1.29 is 17.9 Å². The second kappa shape index (κ2) is 7.07. The number of carbonyl (C=O) groups excluding carboxylic acids is 1. The van der Waals surface area contributed by atoms with Crippen molar-refractivity contribution in [3.63, 3.8) is 0 Å². The van der Waals surface area contributed by atoms with Crippen LogP contribution in [-0.4, -0.2) is 57.7 Å². The minimum atomic E-state index is -3.26. The first-order chi connectivity index (χ1) is 9.97. The molecule has 0 saturated carbocycles. The van der Waals surface area contributed by atoms with Gasteiger partial charge in [0.15, 0.2) is 0 Å². The first-order valence-corrected chi connectivity index (χ1v) is 9.34. The van der Waals surface area contributed by atoms with Crippen LogP contribution in [-0.2, 0) is 19.6 Å². The number of nitrogens with zero attached hydrogens (tertiary/aromatic N) is 1. The van der Waals surface area contributed by atoms with E-state index in [9.17, 15) is 13.2 Å². The van der Waals surface area contributed by atoms with E-state index in [1.165, 1.54) is 7.11 Å². The lowest BCUT2D eigenvalue weighted by molar-refractivity contribution is -0.140. The van der Waals surface area contributed by atoms with E-state index in [-0.39, 0.29) is 23.6 Å². The van der Waals surface area contributed by atoms with Gasteiger partial charge in [0.25, 0.3) is 0 Å². The van der Waals surface area contributed by atoms with Gasteiger partial charge in [0.2, 0.25) is 10.0 Å². The van der Waals surface area contributed by atoms with Crippen LogP contribution in [0.5, 0.6) is 0 Å². The normalized spacial score (nSPS) is 27.7. The summed E-state index contributed by atoms with van der Waals surface area (Å²) in [6, 6.07) is 0. The summed E-state index contributed by atoms with van der Waals surface area (Å²) in [4.78, 5) is 11.1. The summed E-state index contributed by atoms with van der Waals surface area (Å²) in [5, 5.41) is 3.40. The fourth-order valence-electron chi connectivity index (χ4n) is 3.41. The molecular weight excluding hydrogens is 292 g/mol. The van der Waals surface area contributed by atoms with Gasteiger partial charge in [-0.15, -0.1) is 0 Å². The third-order valence-electron chi connectivity index (χ3n) is 4.59. The highest BCUT2D eigenvalue weighted by atomic mass is 32.2. The third kappa shape index (κ3) is 4.40. The van der Waals surface area contributed by atoms with Gasteiger partial charge in [0.05, 0.1) is 12.9 Å². The van der Waals surface area contributed by atoms with Gasteiger partial charge in [-0.25, -0.2) is 12.7 Å². The highest BCUT2D eigenvalue weighted by molar-refractivity contribution is 7.89. The van der Waals surface area contributed by atoms with Crippen LogP contribution in [0.3, 0.4) is 0 Å². The smallest absolute Gasteiger partial charge is 0.305 e. The predicted octanol–water partition coefficient (Wildman–Crippen LogP) is 0.735. The monoisotopic (exact) mass is 318 g/mol. The SMILES string of the molecule is COC(=O)CCCS(=O)(=O)N1CCCC2(CCCNC2)C1. The van der Waals surface area contributed by atoms with Crippen molar-refractivity contribution in [1.29, 1.82) is 0 Å². The van der Waals surface area contributed by atoms with E-state index >= 15 is 0 Å². The van der Waals surface area contributed by atoms with E-state index in [0.717, 1.165) is 38.8 Å². The van der Waals surface area contributed by atoms with Crippen molar-refractivity contribution in [1.82, 2.24) is 9.62 Å². The highest BCUT2D eigenvalue weighted by Crippen LogP contribution is 2.36. The lowest BCUT2D eigenvalue weighted by Crippen LogP contribution is -2.52. The van der Waals surface area contributed by atoms with Crippen molar-refractivity contribution in [2.75, 3.05) is 39.0 Å². The highest BCUT2D eigenvalue weighted by Gasteiger charge is 2.39. The van der Waals surface area contributed by atoms with Crippen molar-refractivity contribution >= 4 is 16.0 Å². The Kier molecular flexibility index (Phi) is 5.62. The molecule has 0 radical (unpaired) electrons. The number of hydrogen-bond acceptors (Lipinski definition) is 5. The number of carbonyl (C=O) groups is 1. The Morgan fingerprint density at radius 3 is 2.76 bits per heavy atom. The average molecular weight is 318 g/mol. The number of esters is 1. The van der Waals surface area contributed by atoms with Gasteiger partial charge >= 0.3 is 5.97 Å². The molecule has 21 heavy (non-hydrogen) atoms. The van der Waals surface area contributed by atoms with Gasteiger partial charge in [0.1, 0.15) is 0 Å². The van der Waals surface area contributed by atoms with Crippen LogP contribution in [0.15, 0.2) is 0 Å². The summed E-state index contributed by atoms with van der Waals surface area (Å²) in [5.41, 5.74) is 0.117. The van der Waals surface area contributed by atoms with Gasteiger partial charge in [0, 0.05) is 26.1 Å². The molecule has 0 aromatic heterocycles. The number of sulfonamides is 1. The second-order valence-electron chi connectivity index (χ2n) is 6.21. The molecule has 2 aliphatic rings. The molecule has 1 atom stereocenters. The summed E-state index contributed by atoms with van der Waals surface area (Å²) in [6.07, 6.45) is 4.75. The Bertz CT molecular complexity index is 452. The number of hydrogen-bond donors (Lipinski definition) is 1. The van der Waals surface area contributed by atoms with E-state index in [1.807, 2.05) is 0 Å². The third-order valence-corrected chi connectivity index (χ3v) is 6.49. The largest absolute Gasteiger partial charge is 0.469 e. The zero-order valence-electron chi connectivity index (χ0n) is 12.8. The lowest BCUT2D eigenvalue weighted by Gasteiger charge is -2.44. The molecule has 2 aliphatic heterocycles. The number of ether oxygens (including phenoxy) is 1. The molecule has 122 valence electrons. The lowest BCUT2D eigenvalue weighted by atomic mass is 9.75. The molecule has 0 bridgehead atoms. The van der Waals surface area contributed by atoms with Crippen LogP contribution in [0.1, 0.15) is 38.5 Å². The molecule has 2 fully saturated rings. The maximum Gasteiger partial charge on any atom is 0.305 e. The summed E-state index contributed by atoms with van der Waals surface area (Å²) in [7, 11) is -1.94. The van der Waals surface area contributed by atoms with E-state index in [1.54, 1.807) is 4.31 Å². The van der Waals surface area contributed by atoms with Gasteiger partial charge in [-0.2, -0.15) is 0 Å². The molecule has 0 aromatic rings. The molecule has 1 unspecified atom stereocenters. The van der Waals surface area contributed by atoms with Crippen LogP contribution in [0, 0.1) is 5.41 Å². The van der Waals surface area contributed by atoms with Crippen molar-refractivity contribution in [2.45, 2.75) is 38.5 Å². The van der Waals surface area contributed by atoms with Crippen molar-refractivity contribution in [2.24, 2.45) is 5.41 Å². The minimum absolute atomic E-state index is 0.0333. The van der Waals surface area contributed by atoms with Crippen molar-refractivity contribution in [3.8, 4) is 0 Å². The van der Waals surface area contributed by atoms with Crippen LogP contribution in [0.2, 0.25) is 0 Å². The van der Waals surface area contributed by atoms with E-state index in [4.69, 9.17) is 0 Å². The fraction of sp³-hybridized carbons (Fsp3) is 0.929. The Labute approximate surface area is 127 Å². The van der Waals surface area contributed by atoms with E-state index in [2.05, 4.69) is 10.1 Å². The summed E-state index contributed by atoms with van der Waals surface area (Å²) < 4.78 is 31.1. The zero-order chi connectivity index (χ0) is 15.3. The molecular formula is C14H26N2O4S. The molecule has 7 heteroatoms. The maximum atomic E-state index is 12.4. The number of rotatable bonds is 5. The number of methoxy groups -OCH3 is 1. The molecule has 2 rings (SSSR count). The minimum Gasteiger partial charge on any atom is -0.469 e. The van der Waals surface area contributed by atoms with Crippen LogP contribution >= 0.6 is 0 Å². The summed E-state index contributed by atoms with van der Waals surface area (Å²) in [6.45, 7) is 3.19. The first-order valence-electron chi connectivity index (χ1n) is 7.73. The molecule has 0 aliphatic carbocycles. The van der Waals surface area contributed by atoms with Crippen LogP contribution in [0.4, 0.5) is 0 Å². The fourth-order valence-corrected chi connectivity index (χ4v) is 5.05. The number of piperidine rings is 2. The van der Waals surface area contributed by atoms with Gasteiger partial charge in [-0.3, -0.25) is 4.79 Å². The Balaban J connectivity index is 1.91. The Morgan fingerprint density at radius 2 is 2.10 bits per heavy atom. The molecule has 1 N–H and O–H groups in total. The van der Waals surface area contributed by atoms with Gasteiger partial charge < -0.3 is 10.1 Å². The first kappa shape index (κ1) is 16.7. The quantitative estimate of drug-likeness (QED) is 0.757.